The predicted octanol–water partition coefficient (Wildman–Crippen LogP) is 4.41. The molecule has 0 aliphatic carbocycles. The summed E-state index contributed by atoms with van der Waals surface area (Å²) in [6.07, 6.45) is -0.750. The summed E-state index contributed by atoms with van der Waals surface area (Å²) in [5.74, 6) is 0.502. The van der Waals surface area contributed by atoms with Crippen LogP contribution < -0.4 is 10.1 Å². The lowest BCUT2D eigenvalue weighted by Crippen LogP contribution is -2.41. The van der Waals surface area contributed by atoms with Crippen LogP contribution in [0.15, 0.2) is 42.5 Å². The second kappa shape index (κ2) is 10.2. The average molecular weight is 509 g/mol. The number of nitrogens with zero attached hydrogens (tertiary/aromatic N) is 1. The normalized spacial score (nSPS) is 20.0. The Labute approximate surface area is 215 Å². The highest BCUT2D eigenvalue weighted by molar-refractivity contribution is 6.03. The van der Waals surface area contributed by atoms with Crippen LogP contribution in [-0.2, 0) is 27.4 Å². The van der Waals surface area contributed by atoms with Crippen LogP contribution in [0.1, 0.15) is 66.8 Å². The van der Waals surface area contributed by atoms with Crippen LogP contribution in [0.4, 0.5) is 4.79 Å². The minimum absolute atomic E-state index is 0.258. The molecule has 9 nitrogen and oxygen atoms in total. The van der Waals surface area contributed by atoms with E-state index in [0.29, 0.717) is 47.7 Å². The van der Waals surface area contributed by atoms with Gasteiger partial charge in [-0.15, -0.1) is 0 Å². The minimum atomic E-state index is -1.10. The summed E-state index contributed by atoms with van der Waals surface area (Å²) in [7, 11) is 0. The number of benzene rings is 2. The molecule has 2 atom stereocenters. The fraction of sp³-hybridized carbons (Fsp3) is 0.429. The van der Waals surface area contributed by atoms with Crippen molar-refractivity contribution in [3.8, 4) is 5.75 Å². The topological polar surface area (TPSA) is 108 Å². The molecule has 2 aliphatic rings. The van der Waals surface area contributed by atoms with Gasteiger partial charge in [-0.2, -0.15) is 0 Å². The fourth-order valence-corrected chi connectivity index (χ4v) is 4.88. The number of aliphatic hydroxyl groups is 1. The SMILES string of the molecule is CC(C)(C)OC(=O)N[C@H]1Cn2c(c(C=O)c3c(OCc4ccccc4)cc(C4OCCCO4)cc32)[C@H]1O. The molecule has 1 amide bonds. The Kier molecular flexibility index (Phi) is 6.94. The summed E-state index contributed by atoms with van der Waals surface area (Å²) in [4.78, 5) is 24.8. The van der Waals surface area contributed by atoms with Gasteiger partial charge in [-0.1, -0.05) is 30.3 Å². The van der Waals surface area contributed by atoms with E-state index < -0.39 is 30.1 Å². The Balaban J connectivity index is 1.54. The number of carbonyl (C=O) groups excluding carboxylic acids is 2. The smallest absolute Gasteiger partial charge is 0.408 e. The quantitative estimate of drug-likeness (QED) is 0.475. The lowest BCUT2D eigenvalue weighted by atomic mass is 10.0. The van der Waals surface area contributed by atoms with Crippen LogP contribution in [0.2, 0.25) is 0 Å². The summed E-state index contributed by atoms with van der Waals surface area (Å²) in [6, 6.07) is 12.8. The van der Waals surface area contributed by atoms with E-state index in [0.717, 1.165) is 23.8 Å². The van der Waals surface area contributed by atoms with E-state index >= 15 is 0 Å². The number of amides is 1. The van der Waals surface area contributed by atoms with Gasteiger partial charge in [0.25, 0.3) is 0 Å². The third-order valence-corrected chi connectivity index (χ3v) is 6.43. The molecule has 37 heavy (non-hydrogen) atoms. The molecule has 1 fully saturated rings. The van der Waals surface area contributed by atoms with Crippen LogP contribution >= 0.6 is 0 Å². The molecule has 9 heteroatoms. The molecular weight excluding hydrogens is 476 g/mol. The van der Waals surface area contributed by atoms with Gasteiger partial charge < -0.3 is 33.9 Å². The van der Waals surface area contributed by atoms with Gasteiger partial charge in [0.05, 0.1) is 35.9 Å². The molecule has 0 saturated carbocycles. The second-order valence-electron chi connectivity index (χ2n) is 10.3. The number of rotatable bonds is 6. The molecule has 3 aromatic rings. The monoisotopic (exact) mass is 508 g/mol. The van der Waals surface area contributed by atoms with E-state index in [4.69, 9.17) is 18.9 Å². The number of alkyl carbamates (subject to hydrolysis) is 1. The number of hydrogen-bond acceptors (Lipinski definition) is 7. The van der Waals surface area contributed by atoms with Crippen molar-refractivity contribution in [2.45, 2.75) is 64.4 Å². The number of aldehydes is 1. The zero-order valence-electron chi connectivity index (χ0n) is 21.2. The van der Waals surface area contributed by atoms with Crippen LogP contribution in [0.25, 0.3) is 10.9 Å². The minimum Gasteiger partial charge on any atom is -0.488 e. The Morgan fingerprint density at radius 3 is 2.59 bits per heavy atom. The Hall–Kier alpha value is -3.40. The average Bonchev–Trinajstić information content (AvgIpc) is 3.36. The van der Waals surface area contributed by atoms with Crippen molar-refractivity contribution < 1.29 is 33.6 Å². The molecular formula is C28H32N2O7. The third kappa shape index (κ3) is 5.20. The first-order chi connectivity index (χ1) is 17.7. The lowest BCUT2D eigenvalue weighted by molar-refractivity contribution is -0.183. The zero-order chi connectivity index (χ0) is 26.2. The fourth-order valence-electron chi connectivity index (χ4n) is 4.88. The Morgan fingerprint density at radius 2 is 1.92 bits per heavy atom. The summed E-state index contributed by atoms with van der Waals surface area (Å²) in [5.41, 5.74) is 2.51. The number of hydrogen-bond donors (Lipinski definition) is 2. The van der Waals surface area contributed by atoms with Crippen molar-refractivity contribution in [2.24, 2.45) is 0 Å². The molecule has 196 valence electrons. The maximum absolute atomic E-state index is 12.4. The van der Waals surface area contributed by atoms with Gasteiger partial charge in [0.1, 0.15) is 24.1 Å². The summed E-state index contributed by atoms with van der Waals surface area (Å²) in [6.45, 7) is 7.03. The van der Waals surface area contributed by atoms with Crippen molar-refractivity contribution in [1.82, 2.24) is 9.88 Å². The molecule has 3 heterocycles. The molecule has 2 aromatic carbocycles. The first kappa shape index (κ1) is 25.3. The van der Waals surface area contributed by atoms with E-state index in [1.54, 1.807) is 20.8 Å². The van der Waals surface area contributed by atoms with Gasteiger partial charge in [0, 0.05) is 17.7 Å². The number of fused-ring (bicyclic) bond motifs is 3. The standard InChI is InChI=1S/C28H32N2O7/c1-28(2,3)37-27(33)29-20-14-30-21-12-18(26-34-10-7-11-35-26)13-22(36-16-17-8-5-4-6-9-17)23(21)19(15-31)24(30)25(20)32/h4-6,8-9,12-13,15,20,25-26,32H,7,10-11,14,16H2,1-3H3,(H,29,33)/t20-,25-/m0/s1. The van der Waals surface area contributed by atoms with Crippen molar-refractivity contribution in [3.05, 3.63) is 64.8 Å². The summed E-state index contributed by atoms with van der Waals surface area (Å²) in [5, 5.41) is 14.5. The number of aliphatic hydroxyl groups excluding tert-OH is 1. The molecule has 2 N–H and O–H groups in total. The predicted molar refractivity (Wildman–Crippen MR) is 135 cm³/mol. The number of carbonyl (C=O) groups is 2. The highest BCUT2D eigenvalue weighted by Crippen LogP contribution is 2.43. The van der Waals surface area contributed by atoms with Crippen LogP contribution in [0, 0.1) is 0 Å². The molecule has 1 aromatic heterocycles. The maximum Gasteiger partial charge on any atom is 0.408 e. The van der Waals surface area contributed by atoms with Crippen LogP contribution in [-0.4, -0.2) is 46.9 Å². The molecule has 0 spiro atoms. The molecule has 5 rings (SSSR count). The van der Waals surface area contributed by atoms with Crippen molar-refractivity contribution >= 4 is 23.3 Å². The molecule has 2 aliphatic heterocycles. The molecule has 1 saturated heterocycles. The van der Waals surface area contributed by atoms with Crippen LogP contribution in [0.3, 0.4) is 0 Å². The van der Waals surface area contributed by atoms with Gasteiger partial charge in [0.15, 0.2) is 12.6 Å². The Morgan fingerprint density at radius 1 is 1.19 bits per heavy atom. The van der Waals surface area contributed by atoms with Crippen molar-refractivity contribution in [2.75, 3.05) is 13.2 Å². The second-order valence-corrected chi connectivity index (χ2v) is 10.3. The highest BCUT2D eigenvalue weighted by Gasteiger charge is 2.39. The van der Waals surface area contributed by atoms with Gasteiger partial charge in [0.2, 0.25) is 0 Å². The third-order valence-electron chi connectivity index (χ3n) is 6.43. The molecule has 0 bridgehead atoms. The Bertz CT molecular complexity index is 1290. The van der Waals surface area contributed by atoms with Gasteiger partial charge in [-0.3, -0.25) is 4.79 Å². The largest absolute Gasteiger partial charge is 0.488 e. The maximum atomic E-state index is 12.4. The first-order valence-electron chi connectivity index (χ1n) is 12.5. The van der Waals surface area contributed by atoms with Gasteiger partial charge in [-0.25, -0.2) is 4.79 Å². The van der Waals surface area contributed by atoms with Crippen molar-refractivity contribution in [3.63, 3.8) is 0 Å². The van der Waals surface area contributed by atoms with Crippen LogP contribution in [0.5, 0.6) is 5.75 Å². The van der Waals surface area contributed by atoms with Gasteiger partial charge >= 0.3 is 6.09 Å². The summed E-state index contributed by atoms with van der Waals surface area (Å²) >= 11 is 0. The number of nitrogens with one attached hydrogen (secondary N) is 1. The lowest BCUT2D eigenvalue weighted by Gasteiger charge is -2.24. The van der Waals surface area contributed by atoms with Gasteiger partial charge in [-0.05, 0) is 44.9 Å². The number of ether oxygens (including phenoxy) is 4. The highest BCUT2D eigenvalue weighted by atomic mass is 16.7. The zero-order valence-corrected chi connectivity index (χ0v) is 21.2. The van der Waals surface area contributed by atoms with Crippen molar-refractivity contribution in [1.29, 1.82) is 0 Å². The van der Waals surface area contributed by atoms with E-state index in [2.05, 4.69) is 5.32 Å². The molecule has 0 radical (unpaired) electrons. The summed E-state index contributed by atoms with van der Waals surface area (Å²) < 4.78 is 25.2. The molecule has 0 unspecified atom stereocenters. The first-order valence-corrected chi connectivity index (χ1v) is 12.5. The number of aromatic nitrogens is 1. The van der Waals surface area contributed by atoms with E-state index in [1.165, 1.54) is 0 Å². The van der Waals surface area contributed by atoms with E-state index in [1.807, 2.05) is 47.0 Å². The van der Waals surface area contributed by atoms with E-state index in [-0.39, 0.29) is 6.54 Å². The van der Waals surface area contributed by atoms with E-state index in [9.17, 15) is 14.7 Å².